The molecule has 0 atom stereocenters. The SMILES string of the molecule is NCCn1cc(C(=O)c2cccc3cccnc23)nn1. The van der Waals surface area contributed by atoms with Gasteiger partial charge >= 0.3 is 0 Å². The highest BCUT2D eigenvalue weighted by Gasteiger charge is 2.16. The highest BCUT2D eigenvalue weighted by Crippen LogP contribution is 2.18. The van der Waals surface area contributed by atoms with E-state index in [0.717, 1.165) is 5.39 Å². The highest BCUT2D eigenvalue weighted by molar-refractivity contribution is 6.14. The Morgan fingerprint density at radius 3 is 2.95 bits per heavy atom. The van der Waals surface area contributed by atoms with E-state index < -0.39 is 0 Å². The molecule has 0 fully saturated rings. The number of carbonyl (C=O) groups is 1. The molecule has 0 unspecified atom stereocenters. The number of rotatable bonds is 4. The average molecular weight is 267 g/mol. The molecule has 0 saturated carbocycles. The first-order chi connectivity index (χ1) is 9.79. The number of fused-ring (bicyclic) bond motifs is 1. The van der Waals surface area contributed by atoms with E-state index in [1.165, 1.54) is 0 Å². The van der Waals surface area contributed by atoms with Crippen molar-refractivity contribution in [3.8, 4) is 0 Å². The largest absolute Gasteiger partial charge is 0.329 e. The monoisotopic (exact) mass is 267 g/mol. The van der Waals surface area contributed by atoms with Crippen LogP contribution in [0.25, 0.3) is 10.9 Å². The Labute approximate surface area is 115 Å². The lowest BCUT2D eigenvalue weighted by Gasteiger charge is -2.02. The van der Waals surface area contributed by atoms with Crippen molar-refractivity contribution in [2.24, 2.45) is 5.73 Å². The van der Waals surface area contributed by atoms with Gasteiger partial charge in [0.25, 0.3) is 0 Å². The quantitative estimate of drug-likeness (QED) is 0.713. The summed E-state index contributed by atoms with van der Waals surface area (Å²) in [5.41, 5.74) is 6.96. The fourth-order valence-electron chi connectivity index (χ4n) is 2.07. The zero-order chi connectivity index (χ0) is 13.9. The van der Waals surface area contributed by atoms with E-state index in [1.807, 2.05) is 24.3 Å². The summed E-state index contributed by atoms with van der Waals surface area (Å²) in [6, 6.07) is 9.27. The first-order valence-corrected chi connectivity index (χ1v) is 6.28. The molecule has 0 spiro atoms. The van der Waals surface area contributed by atoms with E-state index >= 15 is 0 Å². The summed E-state index contributed by atoms with van der Waals surface area (Å²) in [6.45, 7) is 0.987. The molecule has 6 heteroatoms. The number of ketones is 1. The lowest BCUT2D eigenvalue weighted by atomic mass is 10.0. The molecule has 0 aliphatic carbocycles. The third kappa shape index (κ3) is 2.17. The first-order valence-electron chi connectivity index (χ1n) is 6.28. The first kappa shape index (κ1) is 12.4. The molecule has 3 rings (SSSR count). The molecular formula is C14H13N5O. The van der Waals surface area contributed by atoms with Crippen molar-refractivity contribution >= 4 is 16.7 Å². The Morgan fingerprint density at radius 2 is 2.10 bits per heavy atom. The Kier molecular flexibility index (Phi) is 3.22. The predicted octanol–water partition coefficient (Wildman–Crippen LogP) is 1.02. The summed E-state index contributed by atoms with van der Waals surface area (Å²) < 4.78 is 1.56. The minimum Gasteiger partial charge on any atom is -0.329 e. The molecule has 6 nitrogen and oxygen atoms in total. The number of pyridine rings is 1. The standard InChI is InChI=1S/C14H13N5O/c15-6-8-19-9-12(17-18-19)14(20)11-5-1-3-10-4-2-7-16-13(10)11/h1-5,7,9H,6,8,15H2. The van der Waals surface area contributed by atoms with Crippen LogP contribution in [0.15, 0.2) is 42.7 Å². The Hall–Kier alpha value is -2.60. The van der Waals surface area contributed by atoms with Crippen LogP contribution in [-0.2, 0) is 6.54 Å². The van der Waals surface area contributed by atoms with Crippen molar-refractivity contribution in [3.63, 3.8) is 0 Å². The van der Waals surface area contributed by atoms with Crippen molar-refractivity contribution in [1.82, 2.24) is 20.0 Å². The molecule has 0 aliphatic rings. The Bertz CT molecular complexity index is 760. The summed E-state index contributed by atoms with van der Waals surface area (Å²) >= 11 is 0. The topological polar surface area (TPSA) is 86.7 Å². The van der Waals surface area contributed by atoms with Gasteiger partial charge in [-0.1, -0.05) is 23.4 Å². The lowest BCUT2D eigenvalue weighted by Crippen LogP contribution is -2.10. The van der Waals surface area contributed by atoms with Crippen molar-refractivity contribution in [2.75, 3.05) is 6.54 Å². The molecule has 2 N–H and O–H groups in total. The van der Waals surface area contributed by atoms with E-state index in [2.05, 4.69) is 15.3 Å². The fraction of sp³-hybridized carbons (Fsp3) is 0.143. The molecular weight excluding hydrogens is 254 g/mol. The molecule has 20 heavy (non-hydrogen) atoms. The summed E-state index contributed by atoms with van der Waals surface area (Å²) in [6.07, 6.45) is 3.28. The maximum Gasteiger partial charge on any atom is 0.217 e. The summed E-state index contributed by atoms with van der Waals surface area (Å²) in [5, 5.41) is 8.70. The van der Waals surface area contributed by atoms with Gasteiger partial charge in [0.1, 0.15) is 0 Å². The van der Waals surface area contributed by atoms with Gasteiger partial charge in [-0.2, -0.15) is 0 Å². The molecule has 0 aliphatic heterocycles. The van der Waals surface area contributed by atoms with Crippen LogP contribution in [0.3, 0.4) is 0 Å². The zero-order valence-electron chi connectivity index (χ0n) is 10.7. The van der Waals surface area contributed by atoms with Crippen LogP contribution in [0.4, 0.5) is 0 Å². The number of hydrogen-bond donors (Lipinski definition) is 1. The average Bonchev–Trinajstić information content (AvgIpc) is 2.95. The molecule has 100 valence electrons. The van der Waals surface area contributed by atoms with Crippen LogP contribution in [0.2, 0.25) is 0 Å². The van der Waals surface area contributed by atoms with Gasteiger partial charge in [-0.25, -0.2) is 0 Å². The van der Waals surface area contributed by atoms with Crippen LogP contribution in [0.5, 0.6) is 0 Å². The summed E-state index contributed by atoms with van der Waals surface area (Å²) in [5.74, 6) is -0.183. The van der Waals surface area contributed by atoms with Gasteiger partial charge in [-0.15, -0.1) is 5.10 Å². The van der Waals surface area contributed by atoms with Crippen molar-refractivity contribution in [2.45, 2.75) is 6.54 Å². The summed E-state index contributed by atoms with van der Waals surface area (Å²) in [7, 11) is 0. The van der Waals surface area contributed by atoms with Gasteiger partial charge in [-0.05, 0) is 12.1 Å². The normalized spacial score (nSPS) is 10.8. The van der Waals surface area contributed by atoms with Gasteiger partial charge < -0.3 is 5.73 Å². The van der Waals surface area contributed by atoms with Crippen molar-refractivity contribution in [1.29, 1.82) is 0 Å². The second-order valence-electron chi connectivity index (χ2n) is 4.37. The van der Waals surface area contributed by atoms with Gasteiger partial charge in [0.2, 0.25) is 5.78 Å². The van der Waals surface area contributed by atoms with Crippen molar-refractivity contribution < 1.29 is 4.79 Å². The number of nitrogens with two attached hydrogens (primary N) is 1. The number of hydrogen-bond acceptors (Lipinski definition) is 5. The minimum atomic E-state index is -0.183. The minimum absolute atomic E-state index is 0.183. The Balaban J connectivity index is 2.03. The third-order valence-corrected chi connectivity index (χ3v) is 3.01. The van der Waals surface area contributed by atoms with E-state index in [0.29, 0.717) is 29.9 Å². The predicted molar refractivity (Wildman–Crippen MR) is 74.3 cm³/mol. The highest BCUT2D eigenvalue weighted by atomic mass is 16.1. The zero-order valence-corrected chi connectivity index (χ0v) is 10.7. The lowest BCUT2D eigenvalue weighted by molar-refractivity contribution is 0.103. The number of nitrogens with zero attached hydrogens (tertiary/aromatic N) is 4. The number of benzene rings is 1. The van der Waals surface area contributed by atoms with Crippen LogP contribution < -0.4 is 5.73 Å². The van der Waals surface area contributed by atoms with E-state index in [4.69, 9.17) is 5.73 Å². The second-order valence-corrected chi connectivity index (χ2v) is 4.37. The Morgan fingerprint density at radius 1 is 1.25 bits per heavy atom. The maximum atomic E-state index is 12.5. The van der Waals surface area contributed by atoms with Crippen molar-refractivity contribution in [3.05, 3.63) is 54.0 Å². The van der Waals surface area contributed by atoms with Gasteiger partial charge in [-0.3, -0.25) is 14.5 Å². The van der Waals surface area contributed by atoms with Crippen LogP contribution >= 0.6 is 0 Å². The van der Waals surface area contributed by atoms with E-state index in [-0.39, 0.29) is 5.78 Å². The number of carbonyl (C=O) groups excluding carboxylic acids is 1. The molecule has 0 bridgehead atoms. The van der Waals surface area contributed by atoms with Gasteiger partial charge in [0, 0.05) is 18.1 Å². The molecule has 3 aromatic rings. The molecule has 0 saturated heterocycles. The van der Waals surface area contributed by atoms with Gasteiger partial charge in [0.05, 0.1) is 23.8 Å². The van der Waals surface area contributed by atoms with Crippen LogP contribution in [0, 0.1) is 0 Å². The number of para-hydroxylation sites is 1. The van der Waals surface area contributed by atoms with Gasteiger partial charge in [0.15, 0.2) is 5.69 Å². The second kappa shape index (κ2) is 5.18. The molecule has 0 radical (unpaired) electrons. The van der Waals surface area contributed by atoms with E-state index in [1.54, 1.807) is 23.1 Å². The maximum absolute atomic E-state index is 12.5. The smallest absolute Gasteiger partial charge is 0.217 e. The number of aromatic nitrogens is 4. The summed E-state index contributed by atoms with van der Waals surface area (Å²) in [4.78, 5) is 16.8. The van der Waals surface area contributed by atoms with Crippen LogP contribution in [0.1, 0.15) is 16.1 Å². The molecule has 1 aromatic carbocycles. The molecule has 0 amide bonds. The van der Waals surface area contributed by atoms with Crippen LogP contribution in [-0.4, -0.2) is 32.3 Å². The van der Waals surface area contributed by atoms with E-state index in [9.17, 15) is 4.79 Å². The molecule has 2 heterocycles. The fourth-order valence-corrected chi connectivity index (χ4v) is 2.07. The molecule has 2 aromatic heterocycles. The third-order valence-electron chi connectivity index (χ3n) is 3.01.